The Bertz CT molecular complexity index is 990. The highest BCUT2D eigenvalue weighted by Crippen LogP contribution is 2.25. The smallest absolute Gasteiger partial charge is 0.233 e. The second kappa shape index (κ2) is 8.42. The molecule has 0 unspecified atom stereocenters. The highest BCUT2D eigenvalue weighted by Gasteiger charge is 2.11. The number of benzene rings is 2. The van der Waals surface area contributed by atoms with Gasteiger partial charge in [-0.15, -0.1) is 0 Å². The van der Waals surface area contributed by atoms with E-state index in [0.717, 1.165) is 11.4 Å². The lowest BCUT2D eigenvalue weighted by Gasteiger charge is -2.10. The Morgan fingerprint density at radius 1 is 0.750 bits per heavy atom. The number of aromatic amines is 1. The van der Waals surface area contributed by atoms with Gasteiger partial charge in [0.2, 0.25) is 17.1 Å². The summed E-state index contributed by atoms with van der Waals surface area (Å²) in [5.41, 5.74) is 1.59. The molecule has 0 aliphatic carbocycles. The van der Waals surface area contributed by atoms with Crippen LogP contribution in [0.2, 0.25) is 10.0 Å². The number of nitrogens with one attached hydrogen (secondary N) is 3. The zero-order chi connectivity index (χ0) is 19.3. The molecule has 140 valence electrons. The lowest BCUT2D eigenvalue weighted by atomic mass is 10.3. The van der Waals surface area contributed by atoms with Gasteiger partial charge in [0.1, 0.15) is 6.33 Å². The Hall–Kier alpha value is -2.88. The van der Waals surface area contributed by atoms with Gasteiger partial charge in [-0.05, 0) is 60.3 Å². The summed E-state index contributed by atoms with van der Waals surface area (Å²) in [6, 6.07) is 14.5. The van der Waals surface area contributed by atoms with Crippen molar-refractivity contribution in [2.45, 2.75) is 10.3 Å². The fourth-order valence-corrected chi connectivity index (χ4v) is 3.06. The molecule has 11 heteroatoms. The number of rotatable bonds is 6. The molecule has 2 heterocycles. The summed E-state index contributed by atoms with van der Waals surface area (Å²) in [6.45, 7) is 0. The highest BCUT2D eigenvalue weighted by molar-refractivity contribution is 7.99. The number of hydrogen-bond acceptors (Lipinski definition) is 8. The van der Waals surface area contributed by atoms with E-state index in [9.17, 15) is 0 Å². The third-order valence-electron chi connectivity index (χ3n) is 3.40. The van der Waals surface area contributed by atoms with Crippen molar-refractivity contribution in [1.29, 1.82) is 0 Å². The van der Waals surface area contributed by atoms with Crippen LogP contribution in [0.3, 0.4) is 0 Å². The minimum absolute atomic E-state index is 0.371. The van der Waals surface area contributed by atoms with Crippen LogP contribution in [-0.4, -0.2) is 30.1 Å². The predicted molar refractivity (Wildman–Crippen MR) is 110 cm³/mol. The Kier molecular flexibility index (Phi) is 5.56. The summed E-state index contributed by atoms with van der Waals surface area (Å²) >= 11 is 13.1. The van der Waals surface area contributed by atoms with Gasteiger partial charge >= 0.3 is 0 Å². The van der Waals surface area contributed by atoms with E-state index >= 15 is 0 Å². The van der Waals surface area contributed by atoms with Gasteiger partial charge in [0.15, 0.2) is 5.16 Å². The molecule has 8 nitrogen and oxygen atoms in total. The van der Waals surface area contributed by atoms with Gasteiger partial charge in [-0.2, -0.15) is 20.1 Å². The maximum Gasteiger partial charge on any atom is 0.233 e. The first-order chi connectivity index (χ1) is 13.6. The molecule has 0 amide bonds. The van der Waals surface area contributed by atoms with Crippen LogP contribution in [0.5, 0.6) is 0 Å². The standard InChI is InChI=1S/C17H12Cl2N8S/c18-10-1-5-12(6-2-10)22-14-24-15(23-13-7-3-11(19)4-8-13)26-17(25-14)28-16-20-9-21-27-16/h1-9H,(H,20,21,27)(H2,22,23,24,25,26). The van der Waals surface area contributed by atoms with Crippen LogP contribution in [0, 0.1) is 0 Å². The number of anilines is 4. The molecule has 0 radical (unpaired) electrons. The molecule has 4 aromatic rings. The van der Waals surface area contributed by atoms with Crippen LogP contribution in [0.4, 0.5) is 23.3 Å². The van der Waals surface area contributed by atoms with Gasteiger partial charge in [0, 0.05) is 21.4 Å². The molecule has 0 fully saturated rings. The summed E-state index contributed by atoms with van der Waals surface area (Å²) in [7, 11) is 0. The van der Waals surface area contributed by atoms with E-state index in [2.05, 4.69) is 40.8 Å². The van der Waals surface area contributed by atoms with E-state index in [1.54, 1.807) is 24.3 Å². The topological polar surface area (TPSA) is 104 Å². The van der Waals surface area contributed by atoms with Crippen LogP contribution < -0.4 is 10.6 Å². The fraction of sp³-hybridized carbons (Fsp3) is 0. The molecular formula is C17H12Cl2N8S. The predicted octanol–water partition coefficient (Wildman–Crippen LogP) is 4.93. The number of nitrogens with zero attached hydrogens (tertiary/aromatic N) is 5. The van der Waals surface area contributed by atoms with Crippen molar-refractivity contribution in [2.24, 2.45) is 0 Å². The minimum Gasteiger partial charge on any atom is -0.324 e. The molecule has 2 aromatic carbocycles. The van der Waals surface area contributed by atoms with Crippen LogP contribution in [0.25, 0.3) is 0 Å². The minimum atomic E-state index is 0.371. The first-order valence-corrected chi connectivity index (χ1v) is 9.56. The third kappa shape index (κ3) is 4.89. The summed E-state index contributed by atoms with van der Waals surface area (Å²) in [5, 5.41) is 15.2. The van der Waals surface area contributed by atoms with Crippen LogP contribution in [0.15, 0.2) is 65.2 Å². The second-order valence-electron chi connectivity index (χ2n) is 5.42. The number of hydrogen-bond donors (Lipinski definition) is 3. The fourth-order valence-electron chi connectivity index (χ4n) is 2.17. The highest BCUT2D eigenvalue weighted by atomic mass is 35.5. The van der Waals surface area contributed by atoms with Crippen molar-refractivity contribution in [3.05, 3.63) is 64.9 Å². The molecule has 0 spiro atoms. The van der Waals surface area contributed by atoms with Gasteiger partial charge in [-0.3, -0.25) is 5.10 Å². The van der Waals surface area contributed by atoms with Crippen molar-refractivity contribution in [3.63, 3.8) is 0 Å². The maximum atomic E-state index is 5.94. The SMILES string of the molecule is Clc1ccc(Nc2nc(Nc3ccc(Cl)cc3)nc(Sc3ncn[nH]3)n2)cc1. The van der Waals surface area contributed by atoms with Gasteiger partial charge < -0.3 is 10.6 Å². The summed E-state index contributed by atoms with van der Waals surface area (Å²) < 4.78 is 0. The van der Waals surface area contributed by atoms with Gasteiger partial charge in [-0.25, -0.2) is 4.98 Å². The first-order valence-electron chi connectivity index (χ1n) is 7.98. The Labute approximate surface area is 174 Å². The zero-order valence-electron chi connectivity index (χ0n) is 14.1. The molecule has 2 aromatic heterocycles. The van der Waals surface area contributed by atoms with Gasteiger partial charge in [0.05, 0.1) is 0 Å². The first kappa shape index (κ1) is 18.5. The zero-order valence-corrected chi connectivity index (χ0v) is 16.4. The molecule has 0 aliphatic rings. The van der Waals surface area contributed by atoms with E-state index < -0.39 is 0 Å². The lowest BCUT2D eigenvalue weighted by Crippen LogP contribution is -2.05. The summed E-state index contributed by atoms with van der Waals surface area (Å²) in [6.07, 6.45) is 1.42. The van der Waals surface area contributed by atoms with E-state index in [1.165, 1.54) is 18.1 Å². The third-order valence-corrected chi connectivity index (χ3v) is 4.66. The number of H-pyrrole nitrogens is 1. The Morgan fingerprint density at radius 3 is 1.75 bits per heavy atom. The molecule has 0 saturated heterocycles. The normalized spacial score (nSPS) is 10.6. The summed E-state index contributed by atoms with van der Waals surface area (Å²) in [5.74, 6) is 0.742. The summed E-state index contributed by atoms with van der Waals surface area (Å²) in [4.78, 5) is 17.4. The largest absolute Gasteiger partial charge is 0.324 e. The van der Waals surface area contributed by atoms with E-state index in [0.29, 0.717) is 32.3 Å². The van der Waals surface area contributed by atoms with Gasteiger partial charge in [-0.1, -0.05) is 23.2 Å². The molecule has 0 saturated carbocycles. The Morgan fingerprint density at radius 2 is 1.29 bits per heavy atom. The average molecular weight is 431 g/mol. The van der Waals surface area contributed by atoms with Crippen molar-refractivity contribution in [3.8, 4) is 0 Å². The molecule has 3 N–H and O–H groups in total. The van der Waals surface area contributed by atoms with E-state index in [-0.39, 0.29) is 0 Å². The maximum absolute atomic E-state index is 5.94. The van der Waals surface area contributed by atoms with Gasteiger partial charge in [0.25, 0.3) is 0 Å². The monoisotopic (exact) mass is 430 g/mol. The molecule has 4 rings (SSSR count). The van der Waals surface area contributed by atoms with Crippen molar-refractivity contribution in [2.75, 3.05) is 10.6 Å². The number of aromatic nitrogens is 6. The second-order valence-corrected chi connectivity index (χ2v) is 7.25. The average Bonchev–Trinajstić information content (AvgIpc) is 3.18. The van der Waals surface area contributed by atoms with Crippen molar-refractivity contribution < 1.29 is 0 Å². The lowest BCUT2D eigenvalue weighted by molar-refractivity contribution is 0.904. The van der Waals surface area contributed by atoms with E-state index in [4.69, 9.17) is 23.2 Å². The Balaban J connectivity index is 1.63. The van der Waals surface area contributed by atoms with Crippen molar-refractivity contribution in [1.82, 2.24) is 30.1 Å². The van der Waals surface area contributed by atoms with E-state index in [1.807, 2.05) is 24.3 Å². The molecule has 0 bridgehead atoms. The molecule has 0 atom stereocenters. The quantitative estimate of drug-likeness (QED) is 0.395. The van der Waals surface area contributed by atoms with Crippen LogP contribution in [0.1, 0.15) is 0 Å². The molecule has 0 aliphatic heterocycles. The van der Waals surface area contributed by atoms with Crippen LogP contribution in [-0.2, 0) is 0 Å². The van der Waals surface area contributed by atoms with Crippen LogP contribution >= 0.6 is 35.0 Å². The van der Waals surface area contributed by atoms with Crippen molar-refractivity contribution >= 4 is 58.2 Å². The molecular weight excluding hydrogens is 419 g/mol. The number of halogens is 2. The molecule has 28 heavy (non-hydrogen) atoms.